The number of carbonyl (C=O) groups is 1. The number of nitrogens with one attached hydrogen (secondary N) is 1. The van der Waals surface area contributed by atoms with Gasteiger partial charge in [-0.2, -0.15) is 0 Å². The first-order valence-electron chi connectivity index (χ1n) is 9.34. The zero-order valence-electron chi connectivity index (χ0n) is 15.8. The Balaban J connectivity index is 1.25. The minimum atomic E-state index is -0.237. The van der Waals surface area contributed by atoms with E-state index in [4.69, 9.17) is 0 Å². The molecule has 1 unspecified atom stereocenters. The van der Waals surface area contributed by atoms with Gasteiger partial charge in [-0.3, -0.25) is 4.79 Å². The Labute approximate surface area is 172 Å². The lowest BCUT2D eigenvalue weighted by Gasteiger charge is -2.11. The number of rotatable bonds is 8. The van der Waals surface area contributed by atoms with Gasteiger partial charge in [0, 0.05) is 17.5 Å². The molecule has 28 heavy (non-hydrogen) atoms. The molecule has 3 aromatic rings. The van der Waals surface area contributed by atoms with Gasteiger partial charge in [0.15, 0.2) is 0 Å². The van der Waals surface area contributed by atoms with E-state index >= 15 is 0 Å². The summed E-state index contributed by atoms with van der Waals surface area (Å²) in [5.41, 5.74) is 3.33. The van der Waals surface area contributed by atoms with Crippen LogP contribution < -0.4 is 5.32 Å². The summed E-state index contributed by atoms with van der Waals surface area (Å²) in [6.45, 7) is 4.50. The Kier molecular flexibility index (Phi) is 5.72. The minimum Gasteiger partial charge on any atom is -0.355 e. The van der Waals surface area contributed by atoms with Gasteiger partial charge in [0.1, 0.15) is 0 Å². The fourth-order valence-electron chi connectivity index (χ4n) is 2.83. The van der Waals surface area contributed by atoms with Gasteiger partial charge >= 0.3 is 0 Å². The molecule has 0 spiro atoms. The largest absolute Gasteiger partial charge is 0.355 e. The summed E-state index contributed by atoms with van der Waals surface area (Å²) in [5.74, 6) is 0.00455. The van der Waals surface area contributed by atoms with Crippen LogP contribution >= 0.6 is 23.1 Å². The molecule has 1 fully saturated rings. The van der Waals surface area contributed by atoms with Crippen molar-refractivity contribution in [2.24, 2.45) is 0 Å². The maximum Gasteiger partial charge on any atom is 0.233 e. The van der Waals surface area contributed by atoms with Gasteiger partial charge < -0.3 is 5.32 Å². The zero-order valence-corrected chi connectivity index (χ0v) is 17.5. The van der Waals surface area contributed by atoms with E-state index in [2.05, 4.69) is 55.5 Å². The van der Waals surface area contributed by atoms with Crippen molar-refractivity contribution < 1.29 is 4.79 Å². The summed E-state index contributed by atoms with van der Waals surface area (Å²) in [5, 5.41) is 18.4. The van der Waals surface area contributed by atoms with Gasteiger partial charge in [-0.15, -0.1) is 16.4 Å². The van der Waals surface area contributed by atoms with Crippen LogP contribution in [0.1, 0.15) is 36.4 Å². The molecule has 0 bridgehead atoms. The number of thioether (sulfide) groups is 1. The molecule has 1 amide bonds. The third kappa shape index (κ3) is 4.59. The average Bonchev–Trinajstić information content (AvgIpc) is 3.28. The van der Waals surface area contributed by atoms with E-state index in [9.17, 15) is 4.79 Å². The van der Waals surface area contributed by atoms with E-state index in [0.717, 1.165) is 40.7 Å². The maximum absolute atomic E-state index is 12.4. The highest BCUT2D eigenvalue weighted by molar-refractivity contribution is 8.00. The first-order valence-corrected chi connectivity index (χ1v) is 11.1. The molecule has 0 aliphatic heterocycles. The number of amides is 1. The molecule has 1 aliphatic carbocycles. The predicted molar refractivity (Wildman–Crippen MR) is 110 cm³/mol. The van der Waals surface area contributed by atoms with Crippen LogP contribution in [0.4, 0.5) is 0 Å². The van der Waals surface area contributed by atoms with Crippen LogP contribution in [0.3, 0.4) is 0 Å². The van der Waals surface area contributed by atoms with E-state index in [1.807, 2.05) is 18.5 Å². The van der Waals surface area contributed by atoms with Crippen molar-refractivity contribution in [1.82, 2.24) is 30.5 Å². The third-order valence-corrected chi connectivity index (χ3v) is 6.41. The Hall–Kier alpha value is -2.26. The number of carbonyl (C=O) groups excluding carboxylic acids is 1. The highest BCUT2D eigenvalue weighted by Gasteiger charge is 2.29. The SMILES string of the molecule is Cc1nc(-c2ccc(CCNC(=O)C(C)Sc3nnnn3C3CC3)cc2)cs1. The van der Waals surface area contributed by atoms with Crippen LogP contribution in [0.25, 0.3) is 11.3 Å². The van der Waals surface area contributed by atoms with Crippen LogP contribution in [-0.2, 0) is 11.2 Å². The van der Waals surface area contributed by atoms with Gasteiger partial charge in [-0.05, 0) is 49.1 Å². The normalized spacial score (nSPS) is 14.8. The molecule has 2 heterocycles. The average molecular weight is 415 g/mol. The number of hydrogen-bond donors (Lipinski definition) is 1. The van der Waals surface area contributed by atoms with Crippen LogP contribution in [-0.4, -0.2) is 42.9 Å². The molecule has 1 aromatic carbocycles. The molecule has 146 valence electrons. The van der Waals surface area contributed by atoms with E-state index in [0.29, 0.717) is 12.6 Å². The summed E-state index contributed by atoms with van der Waals surface area (Å²) >= 11 is 3.07. The molecular formula is C19H22N6OS2. The fourth-order valence-corrected chi connectivity index (χ4v) is 4.34. The Morgan fingerprint density at radius 1 is 1.36 bits per heavy atom. The molecule has 1 aliphatic rings. The van der Waals surface area contributed by atoms with E-state index in [-0.39, 0.29) is 11.2 Å². The highest BCUT2D eigenvalue weighted by atomic mass is 32.2. The molecule has 9 heteroatoms. The predicted octanol–water partition coefficient (Wildman–Crippen LogP) is 3.28. The Morgan fingerprint density at radius 2 is 2.14 bits per heavy atom. The lowest BCUT2D eigenvalue weighted by atomic mass is 10.1. The molecule has 2 aromatic heterocycles. The van der Waals surface area contributed by atoms with E-state index in [1.165, 1.54) is 17.3 Å². The van der Waals surface area contributed by atoms with E-state index < -0.39 is 0 Å². The summed E-state index contributed by atoms with van der Waals surface area (Å²) in [6.07, 6.45) is 3.01. The third-order valence-electron chi connectivity index (χ3n) is 4.59. The van der Waals surface area contributed by atoms with Crippen molar-refractivity contribution >= 4 is 29.0 Å². The van der Waals surface area contributed by atoms with Gasteiger partial charge in [0.05, 0.1) is 22.0 Å². The smallest absolute Gasteiger partial charge is 0.233 e. The van der Waals surface area contributed by atoms with Gasteiger partial charge in [0.2, 0.25) is 11.1 Å². The summed E-state index contributed by atoms with van der Waals surface area (Å²) in [4.78, 5) is 16.9. The highest BCUT2D eigenvalue weighted by Crippen LogP contribution is 2.37. The first kappa shape index (κ1) is 19.1. The lowest BCUT2D eigenvalue weighted by molar-refractivity contribution is -0.120. The lowest BCUT2D eigenvalue weighted by Crippen LogP contribution is -2.32. The van der Waals surface area contributed by atoms with Crippen molar-refractivity contribution in [3.63, 3.8) is 0 Å². The number of aryl methyl sites for hydroxylation is 1. The molecule has 4 rings (SSSR count). The molecule has 1 N–H and O–H groups in total. The number of hydrogen-bond acceptors (Lipinski definition) is 7. The van der Waals surface area contributed by atoms with Crippen LogP contribution in [0.5, 0.6) is 0 Å². The maximum atomic E-state index is 12.4. The minimum absolute atomic E-state index is 0.00455. The first-order chi connectivity index (χ1) is 13.6. The number of aromatic nitrogens is 5. The molecule has 0 radical (unpaired) electrons. The van der Waals surface area contributed by atoms with Crippen molar-refractivity contribution in [2.75, 3.05) is 6.54 Å². The zero-order chi connectivity index (χ0) is 19.5. The monoisotopic (exact) mass is 414 g/mol. The molecule has 0 saturated heterocycles. The van der Waals surface area contributed by atoms with Crippen LogP contribution in [0.15, 0.2) is 34.8 Å². The second kappa shape index (κ2) is 8.40. The number of thiazole rings is 1. The van der Waals surface area contributed by atoms with Crippen LogP contribution in [0, 0.1) is 6.92 Å². The quantitative estimate of drug-likeness (QED) is 0.569. The standard InChI is InChI=1S/C19H22N6OS2/c1-12(28-19-22-23-24-25(19)16-7-8-16)18(26)20-10-9-14-3-5-15(6-4-14)17-11-27-13(2)21-17/h3-6,11-12,16H,7-10H2,1-2H3,(H,20,26). The topological polar surface area (TPSA) is 85.6 Å². The van der Waals surface area contributed by atoms with Crippen molar-refractivity contribution in [1.29, 1.82) is 0 Å². The van der Waals surface area contributed by atoms with Crippen molar-refractivity contribution in [3.05, 3.63) is 40.2 Å². The molecule has 7 nitrogen and oxygen atoms in total. The molecule has 1 atom stereocenters. The molecular weight excluding hydrogens is 392 g/mol. The second-order valence-electron chi connectivity index (χ2n) is 6.89. The second-order valence-corrected chi connectivity index (χ2v) is 9.26. The summed E-state index contributed by atoms with van der Waals surface area (Å²) in [6, 6.07) is 8.77. The van der Waals surface area contributed by atoms with Crippen molar-refractivity contribution in [2.45, 2.75) is 49.6 Å². The number of tetrazole rings is 1. The van der Waals surface area contributed by atoms with Crippen molar-refractivity contribution in [3.8, 4) is 11.3 Å². The fraction of sp³-hybridized carbons (Fsp3) is 0.421. The van der Waals surface area contributed by atoms with Gasteiger partial charge in [-0.25, -0.2) is 9.67 Å². The number of benzene rings is 1. The van der Waals surface area contributed by atoms with Gasteiger partial charge in [-0.1, -0.05) is 36.0 Å². The van der Waals surface area contributed by atoms with Gasteiger partial charge in [0.25, 0.3) is 0 Å². The van der Waals surface area contributed by atoms with Crippen LogP contribution in [0.2, 0.25) is 0 Å². The Bertz CT molecular complexity index is 948. The number of nitrogens with zero attached hydrogens (tertiary/aromatic N) is 5. The molecule has 1 saturated carbocycles. The Morgan fingerprint density at radius 3 is 2.82 bits per heavy atom. The summed E-state index contributed by atoms with van der Waals surface area (Å²) in [7, 11) is 0. The van der Waals surface area contributed by atoms with E-state index in [1.54, 1.807) is 11.3 Å². The summed E-state index contributed by atoms with van der Waals surface area (Å²) < 4.78 is 1.83.